The second-order valence-corrected chi connectivity index (χ2v) is 26.3. The quantitative estimate of drug-likeness (QED) is 0.123. The second-order valence-electron chi connectivity index (χ2n) is 15.7. The Labute approximate surface area is 313 Å². The zero-order valence-corrected chi connectivity index (χ0v) is 35.5. The van der Waals surface area contributed by atoms with E-state index < -0.39 is 13.3 Å². The largest absolute Gasteiger partial charge is 0.486 e. The molecular formula is C43H48GeIrN4O-2. The fraction of sp³-hybridized carbons (Fsp3) is 0.326. The van der Waals surface area contributed by atoms with Crippen LogP contribution in [0.15, 0.2) is 89.5 Å². The van der Waals surface area contributed by atoms with Crippen LogP contribution in [0, 0.1) is 18.1 Å². The monoisotopic (exact) mass is 903 g/mol. The van der Waals surface area contributed by atoms with Gasteiger partial charge in [-0.3, -0.25) is 4.98 Å². The van der Waals surface area contributed by atoms with Crippen molar-refractivity contribution < 1.29 is 24.5 Å². The number of hydrogen-bond acceptors (Lipinski definition) is 4. The number of benzene rings is 3. The molecule has 3 aromatic carbocycles. The number of hydrogen-bond donors (Lipinski definition) is 0. The summed E-state index contributed by atoms with van der Waals surface area (Å²) in [7, 11) is 0. The molecule has 261 valence electrons. The van der Waals surface area contributed by atoms with Crippen molar-refractivity contribution in [2.24, 2.45) is 5.92 Å². The molecule has 5 nitrogen and oxygen atoms in total. The van der Waals surface area contributed by atoms with E-state index >= 15 is 0 Å². The molecule has 0 N–H and O–H groups in total. The maximum atomic E-state index is 6.30. The van der Waals surface area contributed by atoms with Gasteiger partial charge in [0.2, 0.25) is 5.71 Å². The molecule has 4 aromatic heterocycles. The molecule has 0 atom stereocenters. The van der Waals surface area contributed by atoms with Crippen LogP contribution in [-0.2, 0) is 32.1 Å². The molecule has 0 aliphatic heterocycles. The average Bonchev–Trinajstić information content (AvgIpc) is 3.63. The van der Waals surface area contributed by atoms with Crippen LogP contribution in [-0.4, -0.2) is 32.8 Å². The van der Waals surface area contributed by atoms with E-state index in [2.05, 4.69) is 131 Å². The van der Waals surface area contributed by atoms with E-state index in [9.17, 15) is 0 Å². The molecule has 7 rings (SSSR count). The van der Waals surface area contributed by atoms with Crippen LogP contribution in [0.25, 0.3) is 55.7 Å². The summed E-state index contributed by atoms with van der Waals surface area (Å²) >= 11 is -1.86. The Morgan fingerprint density at radius 2 is 1.58 bits per heavy atom. The Hall–Kier alpha value is -3.58. The van der Waals surface area contributed by atoms with Crippen LogP contribution >= 0.6 is 0 Å². The van der Waals surface area contributed by atoms with Crippen molar-refractivity contribution in [3.63, 3.8) is 0 Å². The molecule has 7 heteroatoms. The van der Waals surface area contributed by atoms with Gasteiger partial charge < -0.3 is 8.98 Å². The minimum atomic E-state index is -1.86. The van der Waals surface area contributed by atoms with Gasteiger partial charge in [-0.1, -0.05) is 36.9 Å². The summed E-state index contributed by atoms with van der Waals surface area (Å²) in [6.45, 7) is 15.4. The maximum Gasteiger partial charge on any atom is 0.216 e. The van der Waals surface area contributed by atoms with Gasteiger partial charge in [-0.05, 0) is 51.0 Å². The minimum absolute atomic E-state index is 0. The van der Waals surface area contributed by atoms with E-state index in [0.717, 1.165) is 62.1 Å². The van der Waals surface area contributed by atoms with Crippen molar-refractivity contribution in [3.05, 3.63) is 108 Å². The van der Waals surface area contributed by atoms with Crippen molar-refractivity contribution in [2.45, 2.75) is 83.6 Å². The summed E-state index contributed by atoms with van der Waals surface area (Å²) < 4.78 is 10.1. The van der Waals surface area contributed by atoms with Crippen LogP contribution in [0.4, 0.5) is 0 Å². The minimum Gasteiger partial charge on any atom is -0.486 e. The van der Waals surface area contributed by atoms with Gasteiger partial charge in [0.1, 0.15) is 0 Å². The first kappa shape index (κ1) is 37.7. The molecule has 0 aliphatic rings. The number of furan rings is 1. The van der Waals surface area contributed by atoms with E-state index in [0.29, 0.717) is 17.5 Å². The van der Waals surface area contributed by atoms with Gasteiger partial charge in [-0.15, -0.1) is 18.2 Å². The molecule has 0 spiro atoms. The molecular weight excluding hydrogens is 853 g/mol. The van der Waals surface area contributed by atoms with Gasteiger partial charge in [0, 0.05) is 36.7 Å². The van der Waals surface area contributed by atoms with E-state index in [-0.39, 0.29) is 25.6 Å². The Balaban J connectivity index is 0.000000204. The topological polar surface area (TPSA) is 56.7 Å². The summed E-state index contributed by atoms with van der Waals surface area (Å²) in [6.07, 6.45) is 3.27. The Bertz CT molecular complexity index is 2240. The van der Waals surface area contributed by atoms with Crippen LogP contribution in [0.1, 0.15) is 65.6 Å². The number of aromatic nitrogens is 4. The molecule has 0 amide bonds. The number of fused-ring (bicyclic) bond motifs is 4. The van der Waals surface area contributed by atoms with E-state index in [4.69, 9.17) is 19.4 Å². The molecule has 0 fully saturated rings. The Kier molecular flexibility index (Phi) is 11.3. The summed E-state index contributed by atoms with van der Waals surface area (Å²) in [4.78, 5) is 14.4. The zero-order chi connectivity index (χ0) is 35.1. The van der Waals surface area contributed by atoms with Crippen LogP contribution in [0.2, 0.25) is 17.3 Å². The van der Waals surface area contributed by atoms with Crippen molar-refractivity contribution in [3.8, 4) is 22.6 Å². The van der Waals surface area contributed by atoms with E-state index in [1.54, 1.807) is 4.40 Å². The predicted molar refractivity (Wildman–Crippen MR) is 208 cm³/mol. The Morgan fingerprint density at radius 1 is 0.840 bits per heavy atom. The number of pyridine rings is 2. The zero-order valence-electron chi connectivity index (χ0n) is 31.0. The van der Waals surface area contributed by atoms with Gasteiger partial charge in [-0.25, -0.2) is 4.98 Å². The SMILES string of the molecule is CC(C)Cc1cc(-c2[c-]cccc2)nc[c]1[Ge]([CH3])([CH3])[CH3].CC(C)c1ccc2c(n1)oc1c(-c3nc4ccccc4n3C(C)(C)C)[c-]ccc12.[Ir]. The van der Waals surface area contributed by atoms with Crippen LogP contribution in [0.3, 0.4) is 0 Å². The molecule has 0 unspecified atom stereocenters. The summed E-state index contributed by atoms with van der Waals surface area (Å²) in [5, 5.41) is 2.07. The second kappa shape index (κ2) is 15.0. The normalized spacial score (nSPS) is 12.1. The summed E-state index contributed by atoms with van der Waals surface area (Å²) in [5.74, 6) is 9.21. The Morgan fingerprint density at radius 3 is 2.24 bits per heavy atom. The maximum absolute atomic E-state index is 6.30. The van der Waals surface area contributed by atoms with Gasteiger partial charge >= 0.3 is 126 Å². The first-order valence-electron chi connectivity index (χ1n) is 17.4. The molecule has 7 aromatic rings. The number of imidazole rings is 1. The third-order valence-electron chi connectivity index (χ3n) is 8.78. The molecule has 0 saturated carbocycles. The molecule has 0 saturated heterocycles. The van der Waals surface area contributed by atoms with Gasteiger partial charge in [0.05, 0.1) is 22.4 Å². The first-order valence-corrected chi connectivity index (χ1v) is 24.8. The van der Waals surface area contributed by atoms with Crippen molar-refractivity contribution in [2.75, 3.05) is 0 Å². The van der Waals surface area contributed by atoms with Crippen LogP contribution < -0.4 is 4.40 Å². The first-order chi connectivity index (χ1) is 23.2. The number of para-hydroxylation sites is 2. The van der Waals surface area contributed by atoms with Crippen molar-refractivity contribution >= 4 is 50.8 Å². The summed E-state index contributed by atoms with van der Waals surface area (Å²) in [6, 6.07) is 33.5. The van der Waals surface area contributed by atoms with Gasteiger partial charge in [-0.2, -0.15) is 0 Å². The fourth-order valence-electron chi connectivity index (χ4n) is 6.48. The van der Waals surface area contributed by atoms with Crippen molar-refractivity contribution in [1.82, 2.24) is 19.5 Å². The van der Waals surface area contributed by atoms with Crippen LogP contribution in [0.5, 0.6) is 0 Å². The molecule has 50 heavy (non-hydrogen) atoms. The van der Waals surface area contributed by atoms with Crippen molar-refractivity contribution in [1.29, 1.82) is 0 Å². The van der Waals surface area contributed by atoms with Gasteiger partial charge in [0.15, 0.2) is 0 Å². The molecule has 0 bridgehead atoms. The average molecular weight is 902 g/mol. The van der Waals surface area contributed by atoms with E-state index in [1.165, 1.54) is 5.56 Å². The predicted octanol–water partition coefficient (Wildman–Crippen LogP) is 11.0. The van der Waals surface area contributed by atoms with E-state index in [1.807, 2.05) is 36.4 Å². The third-order valence-corrected chi connectivity index (χ3v) is 13.1. The molecule has 1 radical (unpaired) electrons. The smallest absolute Gasteiger partial charge is 0.216 e. The molecule has 4 heterocycles. The third kappa shape index (κ3) is 7.83. The standard InChI is InChI=1S/C25H24N3O.C18H24GeN.Ir/c1-15(2)19-14-13-17-16-9-8-10-18(22(16)29-24(17)27-19)23-26-20-11-6-7-12-21(20)28(23)25(3,4)5;1-14(2)11-16-12-18(15-9-7-6-8-10-15)20-13-17(16)19(3,4)5;/h6-9,11-15H,1-5H3;6-9,12-14H,11H2,1-5H3;/q2*-1;. The number of nitrogens with zero attached hydrogens (tertiary/aromatic N) is 4. The number of rotatable bonds is 6. The molecule has 0 aliphatic carbocycles. The fourth-order valence-corrected chi connectivity index (χ4v) is 9.81. The summed E-state index contributed by atoms with van der Waals surface area (Å²) in [5.41, 5.74) is 8.94. The van der Waals surface area contributed by atoms with Gasteiger partial charge in [0.25, 0.3) is 0 Å².